The Labute approximate surface area is 98.7 Å². The molecule has 0 aromatic rings. The van der Waals surface area contributed by atoms with Crippen LogP contribution in [0.15, 0.2) is 0 Å². The summed E-state index contributed by atoms with van der Waals surface area (Å²) in [5, 5.41) is 0. The maximum atomic E-state index is 6.07. The van der Waals surface area contributed by atoms with Gasteiger partial charge in [0.1, 0.15) is 6.23 Å². The van der Waals surface area contributed by atoms with E-state index in [1.54, 1.807) is 0 Å². The summed E-state index contributed by atoms with van der Waals surface area (Å²) in [6.07, 6.45) is 10.2. The van der Waals surface area contributed by atoms with Crippen LogP contribution in [-0.4, -0.2) is 25.5 Å². The fourth-order valence-corrected chi connectivity index (χ4v) is 2.87. The Morgan fingerprint density at radius 1 is 1.06 bits per heavy atom. The lowest BCUT2D eigenvalue weighted by atomic mass is 9.86. The van der Waals surface area contributed by atoms with Crippen LogP contribution < -0.4 is 5.73 Å². The smallest absolute Gasteiger partial charge is 0.106 e. The number of hydrogen-bond acceptors (Lipinski definition) is 3. The number of ether oxygens (including phenoxy) is 2. The summed E-state index contributed by atoms with van der Waals surface area (Å²) >= 11 is 0. The lowest BCUT2D eigenvalue weighted by Crippen LogP contribution is -2.35. The van der Waals surface area contributed by atoms with Crippen molar-refractivity contribution in [3.05, 3.63) is 0 Å². The molecule has 1 aliphatic heterocycles. The van der Waals surface area contributed by atoms with E-state index < -0.39 is 0 Å². The van der Waals surface area contributed by atoms with Crippen molar-refractivity contribution in [2.75, 3.05) is 13.2 Å². The van der Waals surface area contributed by atoms with Gasteiger partial charge in [0, 0.05) is 13.2 Å². The highest BCUT2D eigenvalue weighted by atomic mass is 16.5. The SMILES string of the molecule is NC(CC1CCCCC1)OC1CCOCC1. The van der Waals surface area contributed by atoms with Gasteiger partial charge in [0.05, 0.1) is 6.10 Å². The Kier molecular flexibility index (Phi) is 5.07. The normalized spacial score (nSPS) is 26.8. The monoisotopic (exact) mass is 227 g/mol. The van der Waals surface area contributed by atoms with E-state index in [1.807, 2.05) is 0 Å². The van der Waals surface area contributed by atoms with Crippen molar-refractivity contribution in [3.8, 4) is 0 Å². The molecule has 0 aromatic carbocycles. The fraction of sp³-hybridized carbons (Fsp3) is 1.00. The molecule has 0 spiro atoms. The van der Waals surface area contributed by atoms with Crippen molar-refractivity contribution < 1.29 is 9.47 Å². The fourth-order valence-electron chi connectivity index (χ4n) is 2.87. The van der Waals surface area contributed by atoms with Crippen LogP contribution in [0.1, 0.15) is 51.4 Å². The van der Waals surface area contributed by atoms with Crippen LogP contribution in [0, 0.1) is 5.92 Å². The summed E-state index contributed by atoms with van der Waals surface area (Å²) < 4.78 is 11.2. The van der Waals surface area contributed by atoms with Crippen LogP contribution in [0.4, 0.5) is 0 Å². The lowest BCUT2D eigenvalue weighted by Gasteiger charge is -2.29. The minimum absolute atomic E-state index is 0.0498. The molecule has 2 rings (SSSR count). The summed E-state index contributed by atoms with van der Waals surface area (Å²) in [7, 11) is 0. The topological polar surface area (TPSA) is 44.5 Å². The van der Waals surface area contributed by atoms with E-state index in [-0.39, 0.29) is 6.23 Å². The van der Waals surface area contributed by atoms with Crippen LogP contribution in [0.3, 0.4) is 0 Å². The number of hydrogen-bond donors (Lipinski definition) is 1. The molecule has 2 fully saturated rings. The van der Waals surface area contributed by atoms with E-state index in [9.17, 15) is 0 Å². The zero-order valence-corrected chi connectivity index (χ0v) is 10.2. The van der Waals surface area contributed by atoms with E-state index in [2.05, 4.69) is 0 Å². The predicted molar refractivity (Wildman–Crippen MR) is 64.1 cm³/mol. The van der Waals surface area contributed by atoms with Crippen molar-refractivity contribution in [2.24, 2.45) is 11.7 Å². The van der Waals surface area contributed by atoms with Crippen LogP contribution in [-0.2, 0) is 9.47 Å². The molecule has 0 aromatic heterocycles. The second-order valence-electron chi connectivity index (χ2n) is 5.23. The molecule has 16 heavy (non-hydrogen) atoms. The molecular weight excluding hydrogens is 202 g/mol. The molecule has 3 nitrogen and oxygen atoms in total. The van der Waals surface area contributed by atoms with Gasteiger partial charge in [-0.3, -0.25) is 0 Å². The van der Waals surface area contributed by atoms with Crippen molar-refractivity contribution in [1.29, 1.82) is 0 Å². The van der Waals surface area contributed by atoms with Crippen molar-refractivity contribution in [3.63, 3.8) is 0 Å². The second kappa shape index (κ2) is 6.58. The van der Waals surface area contributed by atoms with Gasteiger partial charge in [-0.05, 0) is 25.2 Å². The van der Waals surface area contributed by atoms with Gasteiger partial charge in [-0.25, -0.2) is 0 Å². The van der Waals surface area contributed by atoms with Crippen LogP contribution >= 0.6 is 0 Å². The molecule has 0 radical (unpaired) electrons. The molecule has 1 unspecified atom stereocenters. The van der Waals surface area contributed by atoms with E-state index in [0.29, 0.717) is 6.10 Å². The first-order chi connectivity index (χ1) is 7.84. The van der Waals surface area contributed by atoms with Gasteiger partial charge in [0.25, 0.3) is 0 Å². The molecule has 0 amide bonds. The highest BCUT2D eigenvalue weighted by molar-refractivity contribution is 4.70. The van der Waals surface area contributed by atoms with Gasteiger partial charge in [-0.2, -0.15) is 0 Å². The third-order valence-electron chi connectivity index (χ3n) is 3.83. The van der Waals surface area contributed by atoms with Crippen LogP contribution in [0.2, 0.25) is 0 Å². The Balaban J connectivity index is 1.64. The van der Waals surface area contributed by atoms with E-state index in [1.165, 1.54) is 32.1 Å². The molecule has 3 heteroatoms. The molecule has 0 bridgehead atoms. The third-order valence-corrected chi connectivity index (χ3v) is 3.83. The van der Waals surface area contributed by atoms with Gasteiger partial charge >= 0.3 is 0 Å². The molecule has 1 saturated carbocycles. The number of nitrogens with two attached hydrogens (primary N) is 1. The molecule has 1 aliphatic carbocycles. The Hall–Kier alpha value is -0.120. The Morgan fingerprint density at radius 2 is 1.75 bits per heavy atom. The molecule has 2 aliphatic rings. The van der Waals surface area contributed by atoms with Gasteiger partial charge in [0.2, 0.25) is 0 Å². The largest absolute Gasteiger partial charge is 0.381 e. The van der Waals surface area contributed by atoms with Crippen LogP contribution in [0.5, 0.6) is 0 Å². The molecule has 94 valence electrons. The zero-order valence-electron chi connectivity index (χ0n) is 10.2. The van der Waals surface area contributed by atoms with E-state index >= 15 is 0 Å². The molecule has 1 atom stereocenters. The van der Waals surface area contributed by atoms with E-state index in [0.717, 1.165) is 38.4 Å². The highest BCUT2D eigenvalue weighted by Gasteiger charge is 2.21. The third kappa shape index (κ3) is 4.04. The zero-order chi connectivity index (χ0) is 11.2. The molecule has 1 saturated heterocycles. The predicted octanol–water partition coefficient (Wildman–Crippen LogP) is 2.44. The van der Waals surface area contributed by atoms with E-state index in [4.69, 9.17) is 15.2 Å². The minimum atomic E-state index is -0.0498. The first kappa shape index (κ1) is 12.3. The van der Waals surface area contributed by atoms with Crippen molar-refractivity contribution in [2.45, 2.75) is 63.7 Å². The molecular formula is C13H25NO2. The average Bonchev–Trinajstić information content (AvgIpc) is 2.31. The Morgan fingerprint density at radius 3 is 2.44 bits per heavy atom. The van der Waals surface area contributed by atoms with Crippen molar-refractivity contribution >= 4 is 0 Å². The Bertz CT molecular complexity index is 166. The highest BCUT2D eigenvalue weighted by Crippen LogP contribution is 2.27. The first-order valence-corrected chi connectivity index (χ1v) is 6.83. The average molecular weight is 227 g/mol. The summed E-state index contributed by atoms with van der Waals surface area (Å²) in [6.45, 7) is 1.67. The van der Waals surface area contributed by atoms with Gasteiger partial charge < -0.3 is 15.2 Å². The standard InChI is InChI=1S/C13H25NO2/c14-13(10-11-4-2-1-3-5-11)16-12-6-8-15-9-7-12/h11-13H,1-10,14H2. The summed E-state index contributed by atoms with van der Waals surface area (Å²) in [5.74, 6) is 0.809. The van der Waals surface area contributed by atoms with Crippen LogP contribution in [0.25, 0.3) is 0 Å². The maximum absolute atomic E-state index is 6.07. The molecule has 1 heterocycles. The first-order valence-electron chi connectivity index (χ1n) is 6.83. The molecule has 2 N–H and O–H groups in total. The number of rotatable bonds is 4. The van der Waals surface area contributed by atoms with Gasteiger partial charge in [0.15, 0.2) is 0 Å². The second-order valence-corrected chi connectivity index (χ2v) is 5.23. The summed E-state index contributed by atoms with van der Waals surface area (Å²) in [5.41, 5.74) is 6.07. The quantitative estimate of drug-likeness (QED) is 0.750. The van der Waals surface area contributed by atoms with Crippen molar-refractivity contribution in [1.82, 2.24) is 0 Å². The summed E-state index contributed by atoms with van der Waals surface area (Å²) in [6, 6.07) is 0. The lowest BCUT2D eigenvalue weighted by molar-refractivity contribution is -0.0736. The van der Waals surface area contributed by atoms with Gasteiger partial charge in [-0.1, -0.05) is 32.1 Å². The minimum Gasteiger partial charge on any atom is -0.381 e. The maximum Gasteiger partial charge on any atom is 0.106 e. The van der Waals surface area contributed by atoms with Gasteiger partial charge in [-0.15, -0.1) is 0 Å². The summed E-state index contributed by atoms with van der Waals surface area (Å²) in [4.78, 5) is 0.